The average molecular weight is 264 g/mol. The van der Waals surface area contributed by atoms with E-state index in [-0.39, 0.29) is 16.8 Å². The lowest BCUT2D eigenvalue weighted by atomic mass is 10.4. The number of rotatable bonds is 1. The van der Waals surface area contributed by atoms with E-state index in [4.69, 9.17) is 17.3 Å². The maximum atomic E-state index is 12.4. The van der Waals surface area contributed by atoms with Crippen LogP contribution < -0.4 is 5.73 Å². The van der Waals surface area contributed by atoms with Gasteiger partial charge in [0.25, 0.3) is 5.95 Å². The lowest BCUT2D eigenvalue weighted by Gasteiger charge is -2.06. The van der Waals surface area contributed by atoms with E-state index in [1.807, 2.05) is 0 Å². The van der Waals surface area contributed by atoms with Crippen molar-refractivity contribution in [2.75, 3.05) is 5.73 Å². The molecule has 0 aliphatic heterocycles. The molecule has 2 aromatic heterocycles. The van der Waals surface area contributed by atoms with Crippen molar-refractivity contribution in [2.24, 2.45) is 0 Å². The first-order chi connectivity index (χ1) is 7.88. The van der Waals surface area contributed by atoms with E-state index in [1.54, 1.807) is 0 Å². The van der Waals surface area contributed by atoms with Gasteiger partial charge >= 0.3 is 6.18 Å². The molecule has 0 amide bonds. The summed E-state index contributed by atoms with van der Waals surface area (Å²) in [5, 5.41) is 3.79. The van der Waals surface area contributed by atoms with Gasteiger partial charge in [-0.1, -0.05) is 11.6 Å². The highest BCUT2D eigenvalue weighted by Crippen LogP contribution is 2.27. The molecule has 0 aliphatic carbocycles. The largest absolute Gasteiger partial charge is 0.433 e. The summed E-state index contributed by atoms with van der Waals surface area (Å²) in [6, 6.07) is 0.762. The van der Waals surface area contributed by atoms with Crippen molar-refractivity contribution in [3.8, 4) is 5.95 Å². The van der Waals surface area contributed by atoms with Crippen molar-refractivity contribution in [3.63, 3.8) is 0 Å². The summed E-state index contributed by atoms with van der Waals surface area (Å²) < 4.78 is 38.2. The van der Waals surface area contributed by atoms with Crippen LogP contribution in [0.3, 0.4) is 0 Å². The zero-order chi connectivity index (χ0) is 12.6. The van der Waals surface area contributed by atoms with Crippen LogP contribution in [0, 0.1) is 0 Å². The van der Waals surface area contributed by atoms with Gasteiger partial charge in [-0.05, 0) is 6.07 Å². The monoisotopic (exact) mass is 263 g/mol. The van der Waals surface area contributed by atoms with Crippen molar-refractivity contribution >= 4 is 17.4 Å². The second kappa shape index (κ2) is 3.88. The number of nitrogens with two attached hydrogens (primary N) is 1. The number of nitrogens with zero attached hydrogens (tertiary/aromatic N) is 4. The van der Waals surface area contributed by atoms with Crippen molar-refractivity contribution in [3.05, 3.63) is 29.2 Å². The van der Waals surface area contributed by atoms with Gasteiger partial charge in [-0.3, -0.25) is 0 Å². The van der Waals surface area contributed by atoms with Crippen LogP contribution in [0.5, 0.6) is 0 Å². The van der Waals surface area contributed by atoms with Gasteiger partial charge in [0.2, 0.25) is 0 Å². The second-order valence-corrected chi connectivity index (χ2v) is 3.45. The Bertz CT molecular complexity index is 531. The Hall–Kier alpha value is -1.83. The Morgan fingerprint density at radius 3 is 2.59 bits per heavy atom. The summed E-state index contributed by atoms with van der Waals surface area (Å²) >= 11 is 5.62. The molecule has 90 valence electrons. The quantitative estimate of drug-likeness (QED) is 0.853. The first-order valence-corrected chi connectivity index (χ1v) is 4.67. The molecule has 0 aromatic carbocycles. The summed E-state index contributed by atoms with van der Waals surface area (Å²) in [5.41, 5.74) is 4.30. The van der Waals surface area contributed by atoms with E-state index >= 15 is 0 Å². The number of halogens is 4. The summed E-state index contributed by atoms with van der Waals surface area (Å²) in [4.78, 5) is 6.97. The van der Waals surface area contributed by atoms with Crippen LogP contribution in [-0.4, -0.2) is 19.7 Å². The van der Waals surface area contributed by atoms with E-state index in [0.717, 1.165) is 16.9 Å². The van der Waals surface area contributed by atoms with Crippen LogP contribution in [0.1, 0.15) is 5.69 Å². The van der Waals surface area contributed by atoms with Crippen molar-refractivity contribution < 1.29 is 13.2 Å². The maximum absolute atomic E-state index is 12.4. The summed E-state index contributed by atoms with van der Waals surface area (Å²) in [7, 11) is 0. The van der Waals surface area contributed by atoms with Crippen LogP contribution in [-0.2, 0) is 6.18 Å². The molecule has 2 aromatic rings. The Morgan fingerprint density at radius 2 is 2.06 bits per heavy atom. The maximum Gasteiger partial charge on any atom is 0.433 e. The number of alkyl halides is 3. The minimum atomic E-state index is -4.54. The van der Waals surface area contributed by atoms with Crippen LogP contribution in [0.25, 0.3) is 5.95 Å². The Balaban J connectivity index is 2.47. The number of hydrogen-bond acceptors (Lipinski definition) is 4. The highest BCUT2D eigenvalue weighted by Gasteiger charge is 2.33. The van der Waals surface area contributed by atoms with Gasteiger partial charge < -0.3 is 5.73 Å². The van der Waals surface area contributed by atoms with E-state index in [1.165, 1.54) is 6.20 Å². The summed E-state index contributed by atoms with van der Waals surface area (Å²) in [5.74, 6) is -0.258. The fraction of sp³-hybridized carbons (Fsp3) is 0.125. The molecule has 5 nitrogen and oxygen atoms in total. The van der Waals surface area contributed by atoms with E-state index in [2.05, 4.69) is 15.1 Å². The Morgan fingerprint density at radius 1 is 1.35 bits per heavy atom. The fourth-order valence-corrected chi connectivity index (χ4v) is 1.22. The number of hydrogen-bond donors (Lipinski definition) is 1. The van der Waals surface area contributed by atoms with E-state index in [9.17, 15) is 13.2 Å². The smallest absolute Gasteiger partial charge is 0.381 e. The molecular formula is C8H5ClF3N5. The third kappa shape index (κ3) is 2.31. The van der Waals surface area contributed by atoms with Crippen LogP contribution in [0.4, 0.5) is 19.0 Å². The summed E-state index contributed by atoms with van der Waals surface area (Å²) in [6.07, 6.45) is -2.33. The fourth-order valence-electron chi connectivity index (χ4n) is 1.09. The predicted octanol–water partition coefficient (Wildman–Crippen LogP) is 1.92. The SMILES string of the molecule is Nc1nn(-c2nccc(C(F)(F)F)n2)cc1Cl. The van der Waals surface area contributed by atoms with Crippen LogP contribution in [0.15, 0.2) is 18.5 Å². The average Bonchev–Trinajstić information content (AvgIpc) is 2.58. The van der Waals surface area contributed by atoms with E-state index < -0.39 is 11.9 Å². The standard InChI is InChI=1S/C8H5ClF3N5/c9-4-3-17(16-6(4)13)7-14-2-1-5(15-7)8(10,11)12/h1-3H,(H2,13,16). The predicted molar refractivity (Wildman–Crippen MR) is 53.6 cm³/mol. The molecule has 0 saturated carbocycles. The Labute approximate surface area is 98.0 Å². The van der Waals surface area contributed by atoms with Crippen LogP contribution in [0.2, 0.25) is 5.02 Å². The number of aromatic nitrogens is 4. The molecule has 17 heavy (non-hydrogen) atoms. The van der Waals surface area contributed by atoms with Crippen LogP contribution >= 0.6 is 11.6 Å². The first-order valence-electron chi connectivity index (χ1n) is 4.29. The molecule has 2 heterocycles. The number of anilines is 1. The lowest BCUT2D eigenvalue weighted by molar-refractivity contribution is -0.141. The molecule has 0 spiro atoms. The van der Waals surface area contributed by atoms with Crippen molar-refractivity contribution in [1.29, 1.82) is 0 Å². The molecule has 2 N–H and O–H groups in total. The van der Waals surface area contributed by atoms with Crippen molar-refractivity contribution in [1.82, 2.24) is 19.7 Å². The molecule has 9 heteroatoms. The minimum absolute atomic E-state index is 0.00678. The van der Waals surface area contributed by atoms with Gasteiger partial charge in [0.15, 0.2) is 5.82 Å². The molecule has 0 saturated heterocycles. The van der Waals surface area contributed by atoms with Gasteiger partial charge in [-0.15, -0.1) is 5.10 Å². The normalized spacial score (nSPS) is 11.8. The molecule has 0 bridgehead atoms. The Kier molecular flexibility index (Phi) is 2.66. The molecule has 0 atom stereocenters. The zero-order valence-corrected chi connectivity index (χ0v) is 8.87. The van der Waals surface area contributed by atoms with E-state index in [0.29, 0.717) is 0 Å². The third-order valence-corrected chi connectivity index (χ3v) is 2.13. The number of nitrogen functional groups attached to an aromatic ring is 1. The molecule has 2 rings (SSSR count). The van der Waals surface area contributed by atoms with Gasteiger partial charge in [-0.25, -0.2) is 14.6 Å². The summed E-state index contributed by atoms with van der Waals surface area (Å²) in [6.45, 7) is 0. The first kappa shape index (κ1) is 11.6. The van der Waals surface area contributed by atoms with Gasteiger partial charge in [0.05, 0.1) is 6.20 Å². The van der Waals surface area contributed by atoms with Gasteiger partial charge in [0, 0.05) is 6.20 Å². The molecule has 0 fully saturated rings. The van der Waals surface area contributed by atoms with Gasteiger partial charge in [0.1, 0.15) is 10.7 Å². The zero-order valence-electron chi connectivity index (χ0n) is 8.11. The third-order valence-electron chi connectivity index (χ3n) is 1.83. The highest BCUT2D eigenvalue weighted by molar-refractivity contribution is 6.32. The topological polar surface area (TPSA) is 69.6 Å². The molecule has 0 unspecified atom stereocenters. The molecule has 0 aliphatic rings. The van der Waals surface area contributed by atoms with Crippen molar-refractivity contribution in [2.45, 2.75) is 6.18 Å². The minimum Gasteiger partial charge on any atom is -0.381 e. The lowest BCUT2D eigenvalue weighted by Crippen LogP contribution is -2.11. The van der Waals surface area contributed by atoms with Gasteiger partial charge in [-0.2, -0.15) is 13.2 Å². The highest BCUT2D eigenvalue weighted by atomic mass is 35.5. The second-order valence-electron chi connectivity index (χ2n) is 3.05. The molecule has 0 radical (unpaired) electrons. The molecular weight excluding hydrogens is 259 g/mol.